The average molecular weight is 719 g/mol. The molecule has 0 fully saturated rings. The molecule has 0 aliphatic rings. The van der Waals surface area contributed by atoms with Crippen LogP contribution in [0.5, 0.6) is 0 Å². The van der Waals surface area contributed by atoms with Crippen LogP contribution in [0.3, 0.4) is 0 Å². The zero-order valence-corrected chi connectivity index (χ0v) is 29.9. The van der Waals surface area contributed by atoms with E-state index in [-0.39, 0.29) is 0 Å². The van der Waals surface area contributed by atoms with Gasteiger partial charge in [0.1, 0.15) is 16.7 Å². The standard InChI is InChI=1S/C50H30N4O2/c1-4-14-32(15-5-1)47-52-48(33-16-6-2-7-17-33)54-49(53-47)34-26-24-31(25-27-34)36-28-29-39(38-21-11-10-20-37(36)38)41-30-43-45(51-50(56-43)35-18-8-3-9-19-35)44-40-22-12-13-23-42(40)55-46(41)44/h1-30H. The van der Waals surface area contributed by atoms with E-state index in [0.29, 0.717) is 28.9 Å². The lowest BCUT2D eigenvalue weighted by Gasteiger charge is -2.13. The number of oxazole rings is 1. The Hall–Kier alpha value is -7.70. The largest absolute Gasteiger partial charge is 0.455 e. The zero-order chi connectivity index (χ0) is 37.0. The van der Waals surface area contributed by atoms with Gasteiger partial charge in [0.2, 0.25) is 5.89 Å². The van der Waals surface area contributed by atoms with Crippen LogP contribution in [0.15, 0.2) is 191 Å². The number of benzene rings is 8. The first-order chi connectivity index (χ1) is 27.7. The predicted molar refractivity (Wildman–Crippen MR) is 225 cm³/mol. The minimum atomic E-state index is 0.581. The summed E-state index contributed by atoms with van der Waals surface area (Å²) in [7, 11) is 0. The first-order valence-electron chi connectivity index (χ1n) is 18.6. The third-order valence-electron chi connectivity index (χ3n) is 10.4. The van der Waals surface area contributed by atoms with Gasteiger partial charge in [-0.15, -0.1) is 0 Å². The van der Waals surface area contributed by atoms with E-state index in [9.17, 15) is 0 Å². The van der Waals surface area contributed by atoms with Crippen LogP contribution < -0.4 is 0 Å². The summed E-state index contributed by atoms with van der Waals surface area (Å²) in [6.07, 6.45) is 0. The van der Waals surface area contributed by atoms with Crippen LogP contribution in [0.1, 0.15) is 0 Å². The van der Waals surface area contributed by atoms with Gasteiger partial charge >= 0.3 is 0 Å². The molecule has 11 rings (SSSR count). The van der Waals surface area contributed by atoms with Gasteiger partial charge in [0.15, 0.2) is 23.1 Å². The van der Waals surface area contributed by atoms with Crippen LogP contribution in [0.4, 0.5) is 0 Å². The Morgan fingerprint density at radius 1 is 0.321 bits per heavy atom. The number of furan rings is 1. The molecule has 56 heavy (non-hydrogen) atoms. The summed E-state index contributed by atoms with van der Waals surface area (Å²) in [5.74, 6) is 2.48. The quantitative estimate of drug-likeness (QED) is 0.170. The van der Waals surface area contributed by atoms with E-state index in [1.165, 1.54) is 0 Å². The van der Waals surface area contributed by atoms with Gasteiger partial charge in [0.25, 0.3) is 0 Å². The Kier molecular flexibility index (Phi) is 7.38. The van der Waals surface area contributed by atoms with Crippen LogP contribution >= 0.6 is 0 Å². The second-order valence-corrected chi connectivity index (χ2v) is 13.8. The fraction of sp³-hybridized carbons (Fsp3) is 0. The van der Waals surface area contributed by atoms with Gasteiger partial charge in [-0.05, 0) is 51.7 Å². The van der Waals surface area contributed by atoms with Crippen LogP contribution in [-0.4, -0.2) is 19.9 Å². The average Bonchev–Trinajstić information content (AvgIpc) is 3.89. The third-order valence-corrected chi connectivity index (χ3v) is 10.4. The van der Waals surface area contributed by atoms with E-state index >= 15 is 0 Å². The SMILES string of the molecule is c1ccc(-c2nc(-c3ccccc3)nc(-c3ccc(-c4ccc(-c5cc6oc(-c7ccccc7)nc6c6c5oc5ccccc56)c5ccccc45)cc3)n2)cc1. The van der Waals surface area contributed by atoms with Gasteiger partial charge in [-0.1, -0.05) is 158 Å². The second-order valence-electron chi connectivity index (χ2n) is 13.8. The van der Waals surface area contributed by atoms with Gasteiger partial charge in [-0.2, -0.15) is 0 Å². The Morgan fingerprint density at radius 3 is 1.43 bits per heavy atom. The molecule has 6 nitrogen and oxygen atoms in total. The van der Waals surface area contributed by atoms with Crippen molar-refractivity contribution >= 4 is 43.8 Å². The highest BCUT2D eigenvalue weighted by molar-refractivity contribution is 6.22. The first kappa shape index (κ1) is 31.8. The van der Waals surface area contributed by atoms with Gasteiger partial charge in [0.05, 0.1) is 5.39 Å². The predicted octanol–water partition coefficient (Wildman–Crippen LogP) is 13.1. The normalized spacial score (nSPS) is 11.6. The number of hydrogen-bond donors (Lipinski definition) is 0. The van der Waals surface area contributed by atoms with E-state index < -0.39 is 0 Å². The molecule has 0 atom stereocenters. The van der Waals surface area contributed by atoms with Crippen molar-refractivity contribution < 1.29 is 8.83 Å². The van der Waals surface area contributed by atoms with E-state index in [1.54, 1.807) is 0 Å². The lowest BCUT2D eigenvalue weighted by molar-refractivity contribution is 0.619. The van der Waals surface area contributed by atoms with Crippen molar-refractivity contribution in [2.24, 2.45) is 0 Å². The van der Waals surface area contributed by atoms with E-state index in [4.69, 9.17) is 28.8 Å². The second kappa shape index (κ2) is 13.0. The monoisotopic (exact) mass is 718 g/mol. The molecule has 0 aliphatic carbocycles. The summed E-state index contributed by atoms with van der Waals surface area (Å²) in [5.41, 5.74) is 11.0. The van der Waals surface area contributed by atoms with Crippen molar-refractivity contribution in [3.63, 3.8) is 0 Å². The minimum Gasteiger partial charge on any atom is -0.455 e. The lowest BCUT2D eigenvalue weighted by atomic mass is 9.91. The fourth-order valence-corrected chi connectivity index (χ4v) is 7.70. The summed E-state index contributed by atoms with van der Waals surface area (Å²) < 4.78 is 13.1. The van der Waals surface area contributed by atoms with Crippen molar-refractivity contribution in [3.8, 4) is 67.9 Å². The van der Waals surface area contributed by atoms with E-state index in [1.807, 2.05) is 109 Å². The zero-order valence-electron chi connectivity index (χ0n) is 29.9. The highest BCUT2D eigenvalue weighted by Gasteiger charge is 2.22. The molecule has 0 aliphatic heterocycles. The molecule has 0 amide bonds. The van der Waals surface area contributed by atoms with E-state index in [2.05, 4.69) is 72.8 Å². The maximum Gasteiger partial charge on any atom is 0.227 e. The number of rotatable bonds is 6. The number of fused-ring (bicyclic) bond motifs is 6. The number of para-hydroxylation sites is 1. The molecule has 0 unspecified atom stereocenters. The van der Waals surface area contributed by atoms with Gasteiger partial charge in [0, 0.05) is 33.2 Å². The van der Waals surface area contributed by atoms with Gasteiger partial charge in [-0.25, -0.2) is 19.9 Å². The molecular weight excluding hydrogens is 689 g/mol. The number of aromatic nitrogens is 4. The summed E-state index contributed by atoms with van der Waals surface area (Å²) in [5, 5.41) is 4.19. The molecule has 0 radical (unpaired) electrons. The van der Waals surface area contributed by atoms with Crippen molar-refractivity contribution in [1.82, 2.24) is 19.9 Å². The van der Waals surface area contributed by atoms with Crippen molar-refractivity contribution in [2.45, 2.75) is 0 Å². The molecule has 0 spiro atoms. The molecule has 0 saturated carbocycles. The number of nitrogens with zero attached hydrogens (tertiary/aromatic N) is 4. The Balaban J connectivity index is 1.04. The molecule has 11 aromatic rings. The molecule has 6 heteroatoms. The van der Waals surface area contributed by atoms with Crippen molar-refractivity contribution in [2.75, 3.05) is 0 Å². The Morgan fingerprint density at radius 2 is 0.804 bits per heavy atom. The summed E-state index contributed by atoms with van der Waals surface area (Å²) in [6.45, 7) is 0. The minimum absolute atomic E-state index is 0.581. The molecule has 3 heterocycles. The molecule has 8 aromatic carbocycles. The molecular formula is C50H30N4O2. The highest BCUT2D eigenvalue weighted by Crippen LogP contribution is 2.45. The maximum atomic E-state index is 6.66. The van der Waals surface area contributed by atoms with Crippen LogP contribution in [0.2, 0.25) is 0 Å². The fourth-order valence-electron chi connectivity index (χ4n) is 7.70. The summed E-state index contributed by atoms with van der Waals surface area (Å²) in [6, 6.07) is 61.7. The molecule has 262 valence electrons. The molecule has 3 aromatic heterocycles. The Bertz CT molecular complexity index is 3170. The van der Waals surface area contributed by atoms with Crippen molar-refractivity contribution in [1.29, 1.82) is 0 Å². The van der Waals surface area contributed by atoms with Crippen molar-refractivity contribution in [3.05, 3.63) is 182 Å². The number of hydrogen-bond acceptors (Lipinski definition) is 6. The molecule has 0 bridgehead atoms. The van der Waals surface area contributed by atoms with Gasteiger partial charge < -0.3 is 8.83 Å². The van der Waals surface area contributed by atoms with Crippen LogP contribution in [-0.2, 0) is 0 Å². The molecule has 0 saturated heterocycles. The lowest BCUT2D eigenvalue weighted by Crippen LogP contribution is -2.00. The van der Waals surface area contributed by atoms with Gasteiger partial charge in [-0.3, -0.25) is 0 Å². The topological polar surface area (TPSA) is 77.8 Å². The van der Waals surface area contributed by atoms with Crippen LogP contribution in [0.25, 0.3) is 112 Å². The summed E-state index contributed by atoms with van der Waals surface area (Å²) >= 11 is 0. The third kappa shape index (κ3) is 5.35. The smallest absolute Gasteiger partial charge is 0.227 e. The highest BCUT2D eigenvalue weighted by atomic mass is 16.4. The maximum absolute atomic E-state index is 6.66. The Labute approximate surface area is 321 Å². The summed E-state index contributed by atoms with van der Waals surface area (Å²) in [4.78, 5) is 19.7. The van der Waals surface area contributed by atoms with E-state index in [0.717, 1.165) is 82.7 Å². The first-order valence-corrected chi connectivity index (χ1v) is 18.6. The molecule has 0 N–H and O–H groups in total. The van der Waals surface area contributed by atoms with Crippen LogP contribution in [0, 0.1) is 0 Å².